The zero-order chi connectivity index (χ0) is 15.9. The van der Waals surface area contributed by atoms with Crippen LogP contribution in [0.1, 0.15) is 44.7 Å². The number of benzene rings is 1. The Balaban J connectivity index is 0.00000264. The Morgan fingerprint density at radius 1 is 1.22 bits per heavy atom. The highest BCUT2D eigenvalue weighted by molar-refractivity contribution is 5.85. The van der Waals surface area contributed by atoms with Crippen LogP contribution < -0.4 is 10.1 Å². The van der Waals surface area contributed by atoms with Crippen molar-refractivity contribution in [1.29, 1.82) is 0 Å². The first kappa shape index (κ1) is 19.8. The van der Waals surface area contributed by atoms with Crippen LogP contribution in [0.2, 0.25) is 0 Å². The molecule has 0 radical (unpaired) electrons. The second-order valence-electron chi connectivity index (χ2n) is 6.43. The lowest BCUT2D eigenvalue weighted by atomic mass is 10.0. The van der Waals surface area contributed by atoms with Gasteiger partial charge in [0.05, 0.1) is 13.2 Å². The highest BCUT2D eigenvalue weighted by Crippen LogP contribution is 2.26. The molecule has 1 saturated heterocycles. The van der Waals surface area contributed by atoms with Gasteiger partial charge in [0.2, 0.25) is 5.91 Å². The van der Waals surface area contributed by atoms with E-state index in [1.807, 2.05) is 12.1 Å². The van der Waals surface area contributed by atoms with Crippen molar-refractivity contribution in [3.63, 3.8) is 0 Å². The Morgan fingerprint density at radius 3 is 2.35 bits per heavy atom. The monoisotopic (exact) mass is 340 g/mol. The summed E-state index contributed by atoms with van der Waals surface area (Å²) in [6.07, 6.45) is 3.08. The second-order valence-corrected chi connectivity index (χ2v) is 6.43. The number of ether oxygens (including phenoxy) is 1. The Bertz CT molecular complexity index is 470. The molecule has 1 unspecified atom stereocenters. The molecule has 4 nitrogen and oxygen atoms in total. The number of rotatable bonds is 7. The number of halogens is 1. The number of nitrogens with one attached hydrogen (secondary N) is 1. The first-order chi connectivity index (χ1) is 10.6. The molecule has 1 fully saturated rings. The fraction of sp³-hybridized carbons (Fsp3) is 0.611. The highest BCUT2D eigenvalue weighted by Gasteiger charge is 2.24. The van der Waals surface area contributed by atoms with E-state index in [2.05, 4.69) is 36.2 Å². The fourth-order valence-corrected chi connectivity index (χ4v) is 2.99. The summed E-state index contributed by atoms with van der Waals surface area (Å²) in [6, 6.07) is 8.46. The third-order valence-corrected chi connectivity index (χ3v) is 4.17. The van der Waals surface area contributed by atoms with E-state index >= 15 is 0 Å². The van der Waals surface area contributed by atoms with Gasteiger partial charge in [-0.15, -0.1) is 12.4 Å². The van der Waals surface area contributed by atoms with Crippen LogP contribution in [-0.4, -0.2) is 37.6 Å². The summed E-state index contributed by atoms with van der Waals surface area (Å²) in [5.41, 5.74) is 1.24. The number of carbonyl (C=O) groups is 1. The average molecular weight is 341 g/mol. The van der Waals surface area contributed by atoms with E-state index in [1.165, 1.54) is 18.4 Å². The SMILES string of the molecule is COc1ccc(C(CNC(=O)CC(C)C)N2CCCC2)cc1.Cl. The fourth-order valence-electron chi connectivity index (χ4n) is 2.99. The summed E-state index contributed by atoms with van der Waals surface area (Å²) in [5.74, 6) is 1.41. The van der Waals surface area contributed by atoms with Crippen LogP contribution in [0.3, 0.4) is 0 Å². The molecule has 1 aromatic rings. The molecular weight excluding hydrogens is 312 g/mol. The van der Waals surface area contributed by atoms with E-state index in [4.69, 9.17) is 4.74 Å². The first-order valence-corrected chi connectivity index (χ1v) is 8.25. The lowest BCUT2D eigenvalue weighted by Gasteiger charge is -2.28. The number of hydrogen-bond donors (Lipinski definition) is 1. The van der Waals surface area contributed by atoms with E-state index in [0.29, 0.717) is 18.9 Å². The Labute approximate surface area is 146 Å². The standard InChI is InChI=1S/C18H28N2O2.ClH/c1-14(2)12-18(21)19-13-17(20-10-4-5-11-20)15-6-8-16(22-3)9-7-15;/h6-9,14,17H,4-5,10-13H2,1-3H3,(H,19,21);1H. The zero-order valence-electron chi connectivity index (χ0n) is 14.4. The summed E-state index contributed by atoms with van der Waals surface area (Å²) in [7, 11) is 1.68. The number of amides is 1. The molecule has 1 heterocycles. The molecule has 0 saturated carbocycles. The van der Waals surface area contributed by atoms with Crippen molar-refractivity contribution in [1.82, 2.24) is 10.2 Å². The first-order valence-electron chi connectivity index (χ1n) is 8.25. The van der Waals surface area contributed by atoms with Crippen molar-refractivity contribution >= 4 is 18.3 Å². The zero-order valence-corrected chi connectivity index (χ0v) is 15.2. The molecule has 0 spiro atoms. The summed E-state index contributed by atoms with van der Waals surface area (Å²) < 4.78 is 5.23. The van der Waals surface area contributed by atoms with Crippen molar-refractivity contribution in [2.45, 2.75) is 39.2 Å². The predicted molar refractivity (Wildman–Crippen MR) is 96.3 cm³/mol. The molecule has 130 valence electrons. The smallest absolute Gasteiger partial charge is 0.220 e. The topological polar surface area (TPSA) is 41.6 Å². The van der Waals surface area contributed by atoms with Gasteiger partial charge in [0.15, 0.2) is 0 Å². The van der Waals surface area contributed by atoms with Gasteiger partial charge in [0.1, 0.15) is 5.75 Å². The number of methoxy groups -OCH3 is 1. The molecule has 0 aromatic heterocycles. The van der Waals surface area contributed by atoms with Crippen LogP contribution in [0.25, 0.3) is 0 Å². The van der Waals surface area contributed by atoms with E-state index < -0.39 is 0 Å². The van der Waals surface area contributed by atoms with E-state index in [1.54, 1.807) is 7.11 Å². The minimum atomic E-state index is 0. The molecule has 1 aliphatic rings. The molecule has 23 heavy (non-hydrogen) atoms. The number of hydrogen-bond acceptors (Lipinski definition) is 3. The second kappa shape index (κ2) is 9.78. The predicted octanol–water partition coefficient (Wildman–Crippen LogP) is 3.42. The van der Waals surface area contributed by atoms with Crippen LogP contribution in [0.5, 0.6) is 5.75 Å². The van der Waals surface area contributed by atoms with Crippen LogP contribution in [0.15, 0.2) is 24.3 Å². The van der Waals surface area contributed by atoms with Gasteiger partial charge in [0, 0.05) is 13.0 Å². The molecule has 1 N–H and O–H groups in total. The maximum Gasteiger partial charge on any atom is 0.220 e. The maximum atomic E-state index is 12.0. The summed E-state index contributed by atoms with van der Waals surface area (Å²) in [4.78, 5) is 14.4. The van der Waals surface area contributed by atoms with E-state index in [9.17, 15) is 4.79 Å². The van der Waals surface area contributed by atoms with Crippen LogP contribution >= 0.6 is 12.4 Å². The Morgan fingerprint density at radius 2 is 1.83 bits per heavy atom. The Hall–Kier alpha value is -1.26. The largest absolute Gasteiger partial charge is 0.497 e. The summed E-state index contributed by atoms with van der Waals surface area (Å²) in [6.45, 7) is 7.04. The van der Waals surface area contributed by atoms with Crippen molar-refractivity contribution in [3.05, 3.63) is 29.8 Å². The van der Waals surface area contributed by atoms with Crippen LogP contribution in [0, 0.1) is 5.92 Å². The average Bonchev–Trinajstić information content (AvgIpc) is 3.01. The molecule has 5 heteroatoms. The molecule has 1 atom stereocenters. The number of nitrogens with zero attached hydrogens (tertiary/aromatic N) is 1. The third kappa shape index (κ3) is 6.04. The molecule has 2 rings (SSSR count). The molecule has 1 aliphatic heterocycles. The third-order valence-electron chi connectivity index (χ3n) is 4.17. The molecular formula is C18H29ClN2O2. The van der Waals surface area contributed by atoms with Gasteiger partial charge >= 0.3 is 0 Å². The lowest BCUT2D eigenvalue weighted by Crippen LogP contribution is -2.37. The van der Waals surface area contributed by atoms with E-state index in [0.717, 1.165) is 18.8 Å². The maximum absolute atomic E-state index is 12.0. The van der Waals surface area contributed by atoms with Crippen molar-refractivity contribution in [3.8, 4) is 5.75 Å². The van der Waals surface area contributed by atoms with Gasteiger partial charge < -0.3 is 10.1 Å². The van der Waals surface area contributed by atoms with Crippen molar-refractivity contribution in [2.24, 2.45) is 5.92 Å². The van der Waals surface area contributed by atoms with Crippen LogP contribution in [-0.2, 0) is 4.79 Å². The van der Waals surface area contributed by atoms with Gasteiger partial charge in [0.25, 0.3) is 0 Å². The Kier molecular flexibility index (Phi) is 8.42. The summed E-state index contributed by atoms with van der Waals surface area (Å²) in [5, 5.41) is 3.11. The molecule has 1 amide bonds. The molecule has 0 bridgehead atoms. The van der Waals surface area contributed by atoms with Gasteiger partial charge in [-0.2, -0.15) is 0 Å². The van der Waals surface area contributed by atoms with Gasteiger partial charge in [-0.05, 0) is 49.5 Å². The minimum absolute atomic E-state index is 0. The van der Waals surface area contributed by atoms with Gasteiger partial charge in [-0.1, -0.05) is 26.0 Å². The summed E-state index contributed by atoms with van der Waals surface area (Å²) >= 11 is 0. The normalized spacial score (nSPS) is 16.0. The molecule has 0 aliphatic carbocycles. The quantitative estimate of drug-likeness (QED) is 0.827. The molecule has 1 aromatic carbocycles. The highest BCUT2D eigenvalue weighted by atomic mass is 35.5. The minimum Gasteiger partial charge on any atom is -0.497 e. The van der Waals surface area contributed by atoms with Crippen molar-refractivity contribution in [2.75, 3.05) is 26.7 Å². The van der Waals surface area contributed by atoms with Gasteiger partial charge in [-0.25, -0.2) is 0 Å². The lowest BCUT2D eigenvalue weighted by molar-refractivity contribution is -0.122. The van der Waals surface area contributed by atoms with Crippen molar-refractivity contribution < 1.29 is 9.53 Å². The number of likely N-dealkylation sites (tertiary alicyclic amines) is 1. The number of carbonyl (C=O) groups excluding carboxylic acids is 1. The van der Waals surface area contributed by atoms with Gasteiger partial charge in [-0.3, -0.25) is 9.69 Å². The van der Waals surface area contributed by atoms with Crippen LogP contribution in [0.4, 0.5) is 0 Å². The van der Waals surface area contributed by atoms with E-state index in [-0.39, 0.29) is 24.4 Å².